The number of rotatable bonds is 3. The highest BCUT2D eigenvalue weighted by Gasteiger charge is 2.13. The molecule has 0 aromatic carbocycles. The van der Waals surface area contributed by atoms with Crippen molar-refractivity contribution in [2.45, 2.75) is 32.7 Å². The molecule has 1 aliphatic heterocycles. The Morgan fingerprint density at radius 1 is 1.21 bits per heavy atom. The monoisotopic (exact) mass is 204 g/mol. The number of alkyl halides is 1. The van der Waals surface area contributed by atoms with Gasteiger partial charge in [-0.3, -0.25) is 0 Å². The van der Waals surface area contributed by atoms with Crippen LogP contribution in [0.5, 0.6) is 0 Å². The van der Waals surface area contributed by atoms with Crippen LogP contribution in [0.25, 0.3) is 0 Å². The topological polar surface area (TPSA) is 6.48 Å². The lowest BCUT2D eigenvalue weighted by molar-refractivity contribution is 0.276. The van der Waals surface area contributed by atoms with E-state index in [0.29, 0.717) is 6.54 Å². The van der Waals surface area contributed by atoms with Crippen molar-refractivity contribution in [3.63, 3.8) is 0 Å². The first-order chi connectivity index (χ1) is 6.57. The Morgan fingerprint density at radius 2 is 1.71 bits per heavy atom. The molecule has 0 aliphatic carbocycles. The highest BCUT2D eigenvalue weighted by atomic mass is 19.1. The second kappa shape index (κ2) is 8.18. The van der Waals surface area contributed by atoms with Crippen LogP contribution in [-0.2, 0) is 0 Å². The summed E-state index contributed by atoms with van der Waals surface area (Å²) in [5.41, 5.74) is 0. The molecular formula is C11H25FN2. The van der Waals surface area contributed by atoms with E-state index in [2.05, 4.69) is 18.7 Å². The van der Waals surface area contributed by atoms with Crippen LogP contribution in [0.1, 0.15) is 26.7 Å². The zero-order chi connectivity index (χ0) is 11.0. The van der Waals surface area contributed by atoms with Gasteiger partial charge in [0.25, 0.3) is 0 Å². The van der Waals surface area contributed by atoms with Crippen LogP contribution in [0.2, 0.25) is 0 Å². The molecule has 1 rings (SSSR count). The summed E-state index contributed by atoms with van der Waals surface area (Å²) < 4.78 is 11.2. The molecule has 1 aliphatic rings. The Bertz CT molecular complexity index is 120. The molecule has 86 valence electrons. The Kier molecular flexibility index (Phi) is 8.09. The van der Waals surface area contributed by atoms with Gasteiger partial charge in [-0.2, -0.15) is 0 Å². The fraction of sp³-hybridized carbons (Fsp3) is 1.00. The zero-order valence-corrected chi connectivity index (χ0v) is 10.1. The number of halogens is 1. The molecule has 0 radical (unpaired) electrons. The van der Waals surface area contributed by atoms with Gasteiger partial charge in [-0.1, -0.05) is 0 Å². The van der Waals surface area contributed by atoms with Crippen molar-refractivity contribution < 1.29 is 4.39 Å². The van der Waals surface area contributed by atoms with Gasteiger partial charge in [-0.15, -0.1) is 0 Å². The van der Waals surface area contributed by atoms with E-state index in [1.165, 1.54) is 25.9 Å². The molecule has 0 spiro atoms. The van der Waals surface area contributed by atoms with Crippen molar-refractivity contribution in [1.29, 1.82) is 0 Å². The molecule has 0 atom stereocenters. The highest BCUT2D eigenvalue weighted by molar-refractivity contribution is 4.68. The van der Waals surface area contributed by atoms with Crippen molar-refractivity contribution in [2.75, 3.05) is 40.4 Å². The fourth-order valence-electron chi connectivity index (χ4n) is 1.43. The number of hydrogen-bond acceptors (Lipinski definition) is 2. The van der Waals surface area contributed by atoms with Crippen LogP contribution in [0.4, 0.5) is 4.39 Å². The van der Waals surface area contributed by atoms with E-state index in [0.717, 1.165) is 6.04 Å². The van der Waals surface area contributed by atoms with Crippen molar-refractivity contribution >= 4 is 0 Å². The van der Waals surface area contributed by atoms with Gasteiger partial charge in [0.1, 0.15) is 6.67 Å². The summed E-state index contributed by atoms with van der Waals surface area (Å²) in [6.07, 6.45) is 2.83. The van der Waals surface area contributed by atoms with Crippen molar-refractivity contribution in [3.8, 4) is 0 Å². The molecule has 0 unspecified atom stereocenters. The average Bonchev–Trinajstić information content (AvgIpc) is 2.56. The first kappa shape index (κ1) is 13.8. The van der Waals surface area contributed by atoms with E-state index in [1.807, 2.05) is 14.1 Å². The van der Waals surface area contributed by atoms with Gasteiger partial charge in [-0.05, 0) is 53.9 Å². The number of hydrogen-bond donors (Lipinski definition) is 0. The summed E-state index contributed by atoms with van der Waals surface area (Å²) in [6, 6.07) is 0.775. The van der Waals surface area contributed by atoms with E-state index in [1.54, 1.807) is 4.90 Å². The van der Waals surface area contributed by atoms with Crippen LogP contribution in [0.15, 0.2) is 0 Å². The third kappa shape index (κ3) is 7.27. The van der Waals surface area contributed by atoms with Gasteiger partial charge in [0.05, 0.1) is 0 Å². The molecule has 0 aromatic heterocycles. The summed E-state index contributed by atoms with van der Waals surface area (Å²) in [4.78, 5) is 4.33. The molecule has 0 aromatic rings. The predicted molar refractivity (Wildman–Crippen MR) is 60.5 cm³/mol. The lowest BCUT2D eigenvalue weighted by Crippen LogP contribution is -2.26. The highest BCUT2D eigenvalue weighted by Crippen LogP contribution is 2.09. The first-order valence-electron chi connectivity index (χ1n) is 5.52. The Balaban J connectivity index is 0.000000255. The molecule has 1 fully saturated rings. The standard InChI is InChI=1S/C7H15N.C4H10FN/c1-7(2)8-5-3-4-6-8;1-6(2)4-3-5/h7H,3-6H2,1-2H3;3-4H2,1-2H3. The summed E-state index contributed by atoms with van der Waals surface area (Å²) in [5.74, 6) is 0. The van der Waals surface area contributed by atoms with E-state index >= 15 is 0 Å². The summed E-state index contributed by atoms with van der Waals surface area (Å²) in [5, 5.41) is 0. The SMILES string of the molecule is CC(C)N1CCCC1.CN(C)CCF. The maximum Gasteiger partial charge on any atom is 0.102 e. The molecule has 1 saturated heterocycles. The van der Waals surface area contributed by atoms with E-state index in [4.69, 9.17) is 0 Å². The molecule has 0 N–H and O–H groups in total. The molecule has 0 saturated carbocycles. The second-order valence-corrected chi connectivity index (χ2v) is 4.33. The summed E-state index contributed by atoms with van der Waals surface area (Å²) in [7, 11) is 3.69. The molecule has 2 nitrogen and oxygen atoms in total. The molecule has 1 heterocycles. The van der Waals surface area contributed by atoms with Crippen LogP contribution in [0.3, 0.4) is 0 Å². The van der Waals surface area contributed by atoms with Crippen LogP contribution >= 0.6 is 0 Å². The molecule has 0 bridgehead atoms. The summed E-state index contributed by atoms with van der Waals surface area (Å²) >= 11 is 0. The minimum absolute atomic E-state index is 0.243. The molecule has 3 heteroatoms. The average molecular weight is 204 g/mol. The third-order valence-electron chi connectivity index (χ3n) is 2.40. The number of likely N-dealkylation sites (tertiary alicyclic amines) is 1. The van der Waals surface area contributed by atoms with Crippen molar-refractivity contribution in [2.24, 2.45) is 0 Å². The minimum atomic E-state index is -0.243. The molecule has 14 heavy (non-hydrogen) atoms. The minimum Gasteiger partial charge on any atom is -0.307 e. The lowest BCUT2D eigenvalue weighted by atomic mass is 10.3. The normalized spacial score (nSPS) is 17.4. The van der Waals surface area contributed by atoms with Gasteiger partial charge >= 0.3 is 0 Å². The Labute approximate surface area is 88.1 Å². The maximum absolute atomic E-state index is 11.2. The lowest BCUT2D eigenvalue weighted by Gasteiger charge is -2.18. The summed E-state index contributed by atoms with van der Waals surface area (Å²) in [6.45, 7) is 7.50. The Hall–Kier alpha value is -0.150. The largest absolute Gasteiger partial charge is 0.307 e. The van der Waals surface area contributed by atoms with Gasteiger partial charge in [0, 0.05) is 12.6 Å². The van der Waals surface area contributed by atoms with E-state index < -0.39 is 0 Å². The number of nitrogens with zero attached hydrogens (tertiary/aromatic N) is 2. The van der Waals surface area contributed by atoms with Gasteiger partial charge in [0.15, 0.2) is 0 Å². The Morgan fingerprint density at radius 3 is 1.86 bits per heavy atom. The van der Waals surface area contributed by atoms with Crippen molar-refractivity contribution in [3.05, 3.63) is 0 Å². The quantitative estimate of drug-likeness (QED) is 0.694. The smallest absolute Gasteiger partial charge is 0.102 e. The zero-order valence-electron chi connectivity index (χ0n) is 10.1. The van der Waals surface area contributed by atoms with Gasteiger partial charge in [-0.25, -0.2) is 4.39 Å². The van der Waals surface area contributed by atoms with E-state index in [9.17, 15) is 4.39 Å². The van der Waals surface area contributed by atoms with Gasteiger partial charge < -0.3 is 9.80 Å². The second-order valence-electron chi connectivity index (χ2n) is 4.33. The van der Waals surface area contributed by atoms with Crippen LogP contribution < -0.4 is 0 Å². The predicted octanol–water partition coefficient (Wildman–Crippen LogP) is 2.01. The molecule has 0 amide bonds. The maximum atomic E-state index is 11.2. The fourth-order valence-corrected chi connectivity index (χ4v) is 1.43. The molecular weight excluding hydrogens is 179 g/mol. The van der Waals surface area contributed by atoms with Crippen molar-refractivity contribution in [1.82, 2.24) is 9.80 Å². The van der Waals surface area contributed by atoms with Gasteiger partial charge in [0.2, 0.25) is 0 Å². The van der Waals surface area contributed by atoms with Crippen LogP contribution in [-0.4, -0.2) is 56.2 Å². The third-order valence-corrected chi connectivity index (χ3v) is 2.40. The van der Waals surface area contributed by atoms with E-state index in [-0.39, 0.29) is 6.67 Å². The first-order valence-corrected chi connectivity index (χ1v) is 5.52. The van der Waals surface area contributed by atoms with Crippen LogP contribution in [0, 0.1) is 0 Å².